The highest BCUT2D eigenvalue weighted by Gasteiger charge is 2.37. The molecule has 2 atom stereocenters. The van der Waals surface area contributed by atoms with E-state index in [0.29, 0.717) is 13.2 Å². The number of likely N-dealkylation sites (N-methyl/N-ethyl adjacent to an activating group) is 1. The van der Waals surface area contributed by atoms with Crippen LogP contribution in [0.4, 0.5) is 5.69 Å². The van der Waals surface area contributed by atoms with E-state index in [2.05, 4.69) is 15.2 Å². The fraction of sp³-hybridized carbons (Fsp3) is 0.471. The van der Waals surface area contributed by atoms with E-state index in [1.807, 2.05) is 42.1 Å². The molecule has 7 heteroatoms. The van der Waals surface area contributed by atoms with Crippen LogP contribution in [0, 0.1) is 0 Å². The first kappa shape index (κ1) is 15.3. The molecule has 0 unspecified atom stereocenters. The molecular weight excluding hydrogens is 306 g/mol. The Kier molecular flexibility index (Phi) is 4.03. The van der Waals surface area contributed by atoms with E-state index < -0.39 is 0 Å². The maximum absolute atomic E-state index is 12.6. The summed E-state index contributed by atoms with van der Waals surface area (Å²) in [6, 6.07) is 9.86. The van der Waals surface area contributed by atoms with Gasteiger partial charge in [0, 0.05) is 25.8 Å². The third-order valence-electron chi connectivity index (χ3n) is 4.89. The van der Waals surface area contributed by atoms with E-state index >= 15 is 0 Å². The number of hydrogen-bond donors (Lipinski definition) is 0. The molecule has 0 aliphatic carbocycles. The molecule has 1 fully saturated rings. The molecule has 0 spiro atoms. The van der Waals surface area contributed by atoms with Gasteiger partial charge in [-0.15, -0.1) is 5.10 Å². The molecule has 1 saturated heterocycles. The van der Waals surface area contributed by atoms with Crippen molar-refractivity contribution in [2.45, 2.75) is 25.2 Å². The summed E-state index contributed by atoms with van der Waals surface area (Å²) < 4.78 is 7.88. The minimum atomic E-state index is 0.0928. The van der Waals surface area contributed by atoms with Crippen LogP contribution in [0.5, 0.6) is 0 Å². The van der Waals surface area contributed by atoms with Crippen LogP contribution in [-0.2, 0) is 16.1 Å². The summed E-state index contributed by atoms with van der Waals surface area (Å²) in [5.74, 6) is 0.0928. The average Bonchev–Trinajstić information content (AvgIpc) is 3.11. The van der Waals surface area contributed by atoms with Gasteiger partial charge in [-0.1, -0.05) is 23.4 Å². The molecule has 2 aliphatic heterocycles. The Balaban J connectivity index is 1.43. The number of likely N-dealkylation sites (tertiary alicyclic amines) is 1. The lowest BCUT2D eigenvalue weighted by molar-refractivity contribution is -0.121. The summed E-state index contributed by atoms with van der Waals surface area (Å²) in [5.41, 5.74) is 1.92. The number of aromatic nitrogens is 3. The highest BCUT2D eigenvalue weighted by Crippen LogP contribution is 2.29. The molecule has 0 N–H and O–H groups in total. The number of carbonyl (C=O) groups is 1. The minimum absolute atomic E-state index is 0.0928. The van der Waals surface area contributed by atoms with E-state index in [1.165, 1.54) is 0 Å². The van der Waals surface area contributed by atoms with Gasteiger partial charge < -0.3 is 9.64 Å². The van der Waals surface area contributed by atoms with Crippen LogP contribution in [0.1, 0.15) is 18.2 Å². The molecule has 2 aromatic rings. The van der Waals surface area contributed by atoms with Gasteiger partial charge in [0.25, 0.3) is 0 Å². The Morgan fingerprint density at radius 1 is 1.38 bits per heavy atom. The molecule has 4 rings (SSSR count). The molecule has 24 heavy (non-hydrogen) atoms. The number of para-hydroxylation sites is 1. The van der Waals surface area contributed by atoms with Crippen LogP contribution < -0.4 is 4.90 Å². The normalized spacial score (nSPS) is 23.4. The van der Waals surface area contributed by atoms with Crippen LogP contribution in [0.2, 0.25) is 0 Å². The fourth-order valence-electron chi connectivity index (χ4n) is 3.48. The summed E-state index contributed by atoms with van der Waals surface area (Å²) in [6.07, 6.45) is 2.83. The molecule has 0 saturated carbocycles. The highest BCUT2D eigenvalue weighted by molar-refractivity contribution is 5.94. The van der Waals surface area contributed by atoms with Gasteiger partial charge in [-0.3, -0.25) is 9.69 Å². The van der Waals surface area contributed by atoms with Gasteiger partial charge in [0.1, 0.15) is 0 Å². The van der Waals surface area contributed by atoms with Crippen LogP contribution in [-0.4, -0.2) is 58.6 Å². The number of carbonyl (C=O) groups excluding carboxylic acids is 1. The van der Waals surface area contributed by atoms with Crippen molar-refractivity contribution in [1.29, 1.82) is 0 Å². The van der Waals surface area contributed by atoms with Gasteiger partial charge in [0.15, 0.2) is 0 Å². The summed E-state index contributed by atoms with van der Waals surface area (Å²) >= 11 is 0. The first-order chi connectivity index (χ1) is 11.7. The van der Waals surface area contributed by atoms with E-state index in [9.17, 15) is 4.79 Å². The Bertz CT molecular complexity index is 717. The van der Waals surface area contributed by atoms with Gasteiger partial charge in [-0.2, -0.15) is 0 Å². The SMILES string of the molecule is CN(C(=O)CN1CC[C@H]2OCc3cnnn3[C@@H]2C1)c1ccccc1. The van der Waals surface area contributed by atoms with Crippen LogP contribution in [0.25, 0.3) is 0 Å². The van der Waals surface area contributed by atoms with Crippen molar-refractivity contribution in [3.63, 3.8) is 0 Å². The largest absolute Gasteiger partial charge is 0.370 e. The lowest BCUT2D eigenvalue weighted by atomic mass is 10.0. The molecule has 1 aromatic heterocycles. The van der Waals surface area contributed by atoms with Gasteiger partial charge in [-0.25, -0.2) is 4.68 Å². The maximum atomic E-state index is 12.6. The third kappa shape index (κ3) is 2.81. The smallest absolute Gasteiger partial charge is 0.240 e. The lowest BCUT2D eigenvalue weighted by Crippen LogP contribution is -2.50. The molecule has 1 aromatic carbocycles. The topological polar surface area (TPSA) is 63.5 Å². The number of benzene rings is 1. The van der Waals surface area contributed by atoms with E-state index in [-0.39, 0.29) is 18.1 Å². The third-order valence-corrected chi connectivity index (χ3v) is 4.89. The Hall–Kier alpha value is -2.25. The monoisotopic (exact) mass is 327 g/mol. The van der Waals surface area contributed by atoms with Gasteiger partial charge >= 0.3 is 0 Å². The summed E-state index contributed by atoms with van der Waals surface area (Å²) in [4.78, 5) is 16.5. The van der Waals surface area contributed by atoms with Crippen LogP contribution in [0.3, 0.4) is 0 Å². The number of rotatable bonds is 3. The van der Waals surface area contributed by atoms with Crippen molar-refractivity contribution < 1.29 is 9.53 Å². The number of ether oxygens (including phenoxy) is 1. The second-order valence-electron chi connectivity index (χ2n) is 6.40. The number of nitrogens with zero attached hydrogens (tertiary/aromatic N) is 5. The van der Waals surface area contributed by atoms with Crippen molar-refractivity contribution in [2.24, 2.45) is 0 Å². The highest BCUT2D eigenvalue weighted by atomic mass is 16.5. The van der Waals surface area contributed by atoms with E-state index in [1.54, 1.807) is 11.1 Å². The standard InChI is InChI=1S/C17H21N5O2/c1-20(13-5-3-2-4-6-13)17(23)11-21-8-7-16-15(10-21)22-14(12-24-16)9-18-19-22/h2-6,9,15-16H,7-8,10-12H2,1H3/t15-,16-/m1/s1. The van der Waals surface area contributed by atoms with E-state index in [4.69, 9.17) is 4.74 Å². The van der Waals surface area contributed by atoms with Crippen molar-refractivity contribution in [3.8, 4) is 0 Å². The number of anilines is 1. The van der Waals surface area contributed by atoms with Gasteiger partial charge in [0.05, 0.1) is 37.2 Å². The Morgan fingerprint density at radius 3 is 3.04 bits per heavy atom. The number of piperidine rings is 1. The number of hydrogen-bond acceptors (Lipinski definition) is 5. The number of amides is 1. The second kappa shape index (κ2) is 6.33. The lowest BCUT2D eigenvalue weighted by Gasteiger charge is -2.41. The number of fused-ring (bicyclic) bond motifs is 3. The molecule has 0 bridgehead atoms. The zero-order valence-corrected chi connectivity index (χ0v) is 13.7. The molecule has 2 aliphatic rings. The summed E-state index contributed by atoms with van der Waals surface area (Å²) in [7, 11) is 1.82. The van der Waals surface area contributed by atoms with Crippen molar-refractivity contribution >= 4 is 11.6 Å². The van der Waals surface area contributed by atoms with Crippen LogP contribution in [0.15, 0.2) is 36.5 Å². The molecule has 126 valence electrons. The molecule has 1 amide bonds. The molecule has 0 radical (unpaired) electrons. The minimum Gasteiger partial charge on any atom is -0.370 e. The fourth-order valence-corrected chi connectivity index (χ4v) is 3.48. The van der Waals surface area contributed by atoms with Gasteiger partial charge in [-0.05, 0) is 18.6 Å². The zero-order chi connectivity index (χ0) is 16.5. The first-order valence-corrected chi connectivity index (χ1v) is 8.27. The first-order valence-electron chi connectivity index (χ1n) is 8.27. The molecule has 3 heterocycles. The quantitative estimate of drug-likeness (QED) is 0.844. The van der Waals surface area contributed by atoms with Crippen molar-refractivity contribution in [1.82, 2.24) is 19.9 Å². The van der Waals surface area contributed by atoms with Crippen molar-refractivity contribution in [2.75, 3.05) is 31.6 Å². The Morgan fingerprint density at radius 2 is 2.21 bits per heavy atom. The van der Waals surface area contributed by atoms with E-state index in [0.717, 1.165) is 30.9 Å². The zero-order valence-electron chi connectivity index (χ0n) is 13.7. The predicted octanol–water partition coefficient (Wildman–Crippen LogP) is 1.09. The van der Waals surface area contributed by atoms with Crippen molar-refractivity contribution in [3.05, 3.63) is 42.2 Å². The average molecular weight is 327 g/mol. The summed E-state index contributed by atoms with van der Waals surface area (Å²) in [5, 5.41) is 8.19. The van der Waals surface area contributed by atoms with Gasteiger partial charge in [0.2, 0.25) is 5.91 Å². The predicted molar refractivity (Wildman–Crippen MR) is 88.5 cm³/mol. The second-order valence-corrected chi connectivity index (χ2v) is 6.40. The molecular formula is C17H21N5O2. The summed E-state index contributed by atoms with van der Waals surface area (Å²) in [6.45, 7) is 2.59. The molecule has 7 nitrogen and oxygen atoms in total. The Labute approximate surface area is 140 Å². The van der Waals surface area contributed by atoms with Crippen LogP contribution >= 0.6 is 0 Å². The maximum Gasteiger partial charge on any atom is 0.240 e.